The number of ether oxygens (including phenoxy) is 1. The predicted octanol–water partition coefficient (Wildman–Crippen LogP) is 6.99. The number of hydrogen-bond acceptors (Lipinski definition) is 5. The minimum atomic E-state index is -0.199. The van der Waals surface area contributed by atoms with Crippen molar-refractivity contribution in [2.75, 3.05) is 12.0 Å². The van der Waals surface area contributed by atoms with Gasteiger partial charge in [0.05, 0.1) is 12.8 Å². The maximum absolute atomic E-state index is 6.20. The Labute approximate surface area is 181 Å². The number of halogens is 1. The van der Waals surface area contributed by atoms with Crippen LogP contribution in [0.5, 0.6) is 5.75 Å². The molecule has 0 aliphatic carbocycles. The van der Waals surface area contributed by atoms with E-state index in [-0.39, 0.29) is 5.50 Å². The molecule has 0 spiro atoms. The number of hydrogen-bond donors (Lipinski definition) is 2. The summed E-state index contributed by atoms with van der Waals surface area (Å²) in [5.74, 6) is 1.77. The lowest BCUT2D eigenvalue weighted by molar-refractivity contribution is 0.415. The molecule has 6 heteroatoms. The topological polar surface area (TPSA) is 36.9 Å². The minimum Gasteiger partial charge on any atom is -0.495 e. The van der Waals surface area contributed by atoms with Crippen LogP contribution in [0.25, 0.3) is 0 Å². The van der Waals surface area contributed by atoms with Gasteiger partial charge in [0.2, 0.25) is 0 Å². The van der Waals surface area contributed by atoms with E-state index in [9.17, 15) is 0 Å². The van der Waals surface area contributed by atoms with Crippen molar-refractivity contribution < 1.29 is 4.74 Å². The molecule has 0 saturated heterocycles. The number of nitrogens with one attached hydrogen (secondary N) is 1. The highest BCUT2D eigenvalue weighted by Gasteiger charge is 2.28. The molecule has 1 aromatic rings. The van der Waals surface area contributed by atoms with E-state index in [2.05, 4.69) is 35.0 Å². The third-order valence-corrected chi connectivity index (χ3v) is 5.82. The minimum absolute atomic E-state index is 0.199. The highest BCUT2D eigenvalue weighted by Crippen LogP contribution is 2.35. The molecular weight excluding hydrogens is 390 g/mol. The number of methoxy groups -OCH3 is 1. The molecule has 158 valence electrons. The first-order chi connectivity index (χ1) is 13.7. The number of benzene rings is 1. The van der Waals surface area contributed by atoms with Crippen LogP contribution in [-0.4, -0.2) is 18.4 Å². The fourth-order valence-corrected chi connectivity index (χ4v) is 4.11. The van der Waals surface area contributed by atoms with Crippen molar-refractivity contribution in [3.05, 3.63) is 23.2 Å². The lowest BCUT2D eigenvalue weighted by atomic mass is 10.0. The van der Waals surface area contributed by atoms with Gasteiger partial charge in [-0.3, -0.25) is 10.3 Å². The molecule has 0 saturated carbocycles. The van der Waals surface area contributed by atoms with Gasteiger partial charge in [0.1, 0.15) is 11.6 Å². The summed E-state index contributed by atoms with van der Waals surface area (Å²) in [5, 5.41) is 5.16. The van der Waals surface area contributed by atoms with Gasteiger partial charge in [-0.2, -0.15) is 5.10 Å². The smallest absolute Gasteiger partial charge is 0.166 e. The monoisotopic (exact) mass is 425 g/mol. The molecular formula is C22H36ClN3OS. The molecule has 0 radical (unpaired) electrons. The van der Waals surface area contributed by atoms with Crippen molar-refractivity contribution in [2.24, 2.45) is 5.10 Å². The molecule has 0 amide bonds. The molecule has 4 nitrogen and oxygen atoms in total. The van der Waals surface area contributed by atoms with Crippen LogP contribution in [-0.2, 0) is 0 Å². The van der Waals surface area contributed by atoms with E-state index in [1.807, 2.05) is 18.2 Å². The van der Waals surface area contributed by atoms with E-state index >= 15 is 0 Å². The van der Waals surface area contributed by atoms with Crippen LogP contribution < -0.4 is 15.1 Å². The molecule has 1 unspecified atom stereocenters. The third kappa shape index (κ3) is 7.40. The molecule has 2 rings (SSSR count). The molecule has 28 heavy (non-hydrogen) atoms. The fraction of sp³-hybridized carbons (Fsp3) is 0.682. The molecule has 0 bridgehead atoms. The lowest BCUT2D eigenvalue weighted by Crippen LogP contribution is -2.36. The molecule has 1 aliphatic rings. The Balaban J connectivity index is 1.69. The molecule has 1 aliphatic heterocycles. The number of rotatable bonds is 14. The van der Waals surface area contributed by atoms with Crippen LogP contribution in [0.15, 0.2) is 23.3 Å². The second-order valence-corrected chi connectivity index (χ2v) is 8.43. The first-order valence-electron chi connectivity index (χ1n) is 10.8. The summed E-state index contributed by atoms with van der Waals surface area (Å²) in [7, 11) is 1.67. The van der Waals surface area contributed by atoms with Crippen LogP contribution in [0.4, 0.5) is 5.69 Å². The Bertz CT molecular complexity index is 611. The van der Waals surface area contributed by atoms with E-state index in [1.54, 1.807) is 7.11 Å². The normalized spacial score (nSPS) is 16.2. The largest absolute Gasteiger partial charge is 0.495 e. The van der Waals surface area contributed by atoms with Gasteiger partial charge in [0.25, 0.3) is 0 Å². The van der Waals surface area contributed by atoms with Gasteiger partial charge in [-0.1, -0.05) is 82.7 Å². The standard InChI is InChI=1S/C22H36ClN3OS/c1-3-4-5-6-7-8-9-10-11-12-13-14-21-24-25-22(28)26(21)19-17-18(23)15-16-20(19)27-2/h15-17,22,25,28H,3-14H2,1-2H3. The van der Waals surface area contributed by atoms with E-state index in [0.29, 0.717) is 5.02 Å². The van der Waals surface area contributed by atoms with Gasteiger partial charge in [-0.25, -0.2) is 0 Å². The zero-order valence-electron chi connectivity index (χ0n) is 17.4. The number of thiol groups is 1. The Morgan fingerprint density at radius 2 is 1.64 bits per heavy atom. The summed E-state index contributed by atoms with van der Waals surface area (Å²) in [5.41, 5.74) is 3.76. The van der Waals surface area contributed by atoms with Gasteiger partial charge in [0.15, 0.2) is 5.50 Å². The maximum atomic E-state index is 6.20. The molecule has 0 aromatic heterocycles. The second kappa shape index (κ2) is 13.2. The van der Waals surface area contributed by atoms with Gasteiger partial charge in [-0.15, -0.1) is 12.6 Å². The SMILES string of the molecule is CCCCCCCCCCCCCC1=NNC(S)N1c1cc(Cl)ccc1OC. The average molecular weight is 426 g/mol. The number of nitrogens with zero attached hydrogens (tertiary/aromatic N) is 2. The Morgan fingerprint density at radius 3 is 2.25 bits per heavy atom. The molecule has 1 N–H and O–H groups in total. The van der Waals surface area contributed by atoms with E-state index in [0.717, 1.165) is 30.1 Å². The summed E-state index contributed by atoms with van der Waals surface area (Å²) >= 11 is 10.8. The lowest BCUT2D eigenvalue weighted by Gasteiger charge is -2.26. The number of amidine groups is 1. The summed E-state index contributed by atoms with van der Waals surface area (Å²) in [6, 6.07) is 5.63. The quantitative estimate of drug-likeness (QED) is 0.249. The van der Waals surface area contributed by atoms with Gasteiger partial charge in [0, 0.05) is 11.4 Å². The molecule has 1 aromatic carbocycles. The maximum Gasteiger partial charge on any atom is 0.166 e. The van der Waals surface area contributed by atoms with Crippen molar-refractivity contribution in [3.63, 3.8) is 0 Å². The van der Waals surface area contributed by atoms with Gasteiger partial charge in [-0.05, 0) is 24.6 Å². The number of unbranched alkanes of at least 4 members (excludes halogenated alkanes) is 10. The molecule has 0 fully saturated rings. The first kappa shape index (κ1) is 23.2. The van der Waals surface area contributed by atoms with Gasteiger partial charge >= 0.3 is 0 Å². The van der Waals surface area contributed by atoms with E-state index in [1.165, 1.54) is 64.2 Å². The highest BCUT2D eigenvalue weighted by molar-refractivity contribution is 7.81. The fourth-order valence-electron chi connectivity index (χ4n) is 3.63. The van der Waals surface area contributed by atoms with Crippen molar-refractivity contribution in [2.45, 2.75) is 89.5 Å². The van der Waals surface area contributed by atoms with E-state index in [4.69, 9.17) is 16.3 Å². The third-order valence-electron chi connectivity index (χ3n) is 5.24. The molecule has 1 heterocycles. The van der Waals surface area contributed by atoms with Crippen LogP contribution in [0.2, 0.25) is 5.02 Å². The van der Waals surface area contributed by atoms with E-state index < -0.39 is 0 Å². The summed E-state index contributed by atoms with van der Waals surface area (Å²) < 4.78 is 5.50. The van der Waals surface area contributed by atoms with Crippen LogP contribution in [0.1, 0.15) is 84.0 Å². The van der Waals surface area contributed by atoms with Crippen molar-refractivity contribution >= 4 is 35.8 Å². The Kier molecular flexibility index (Phi) is 10.9. The molecule has 1 atom stereocenters. The predicted molar refractivity (Wildman–Crippen MR) is 125 cm³/mol. The highest BCUT2D eigenvalue weighted by atomic mass is 35.5. The zero-order valence-corrected chi connectivity index (χ0v) is 19.1. The van der Waals surface area contributed by atoms with Crippen molar-refractivity contribution in [3.8, 4) is 5.75 Å². The first-order valence-corrected chi connectivity index (χ1v) is 11.7. The Hall–Kier alpha value is -1.07. The summed E-state index contributed by atoms with van der Waals surface area (Å²) in [4.78, 5) is 2.07. The van der Waals surface area contributed by atoms with Gasteiger partial charge < -0.3 is 4.74 Å². The zero-order chi connectivity index (χ0) is 20.2. The number of hydrazone groups is 1. The summed E-state index contributed by atoms with van der Waals surface area (Å²) in [6.45, 7) is 2.27. The second-order valence-electron chi connectivity index (χ2n) is 7.50. The number of anilines is 1. The summed E-state index contributed by atoms with van der Waals surface area (Å²) in [6.07, 6.45) is 15.7. The Morgan fingerprint density at radius 1 is 1.04 bits per heavy atom. The van der Waals surface area contributed by atoms with Crippen molar-refractivity contribution in [1.82, 2.24) is 5.43 Å². The van der Waals surface area contributed by atoms with Crippen LogP contribution >= 0.6 is 24.2 Å². The van der Waals surface area contributed by atoms with Crippen molar-refractivity contribution in [1.29, 1.82) is 0 Å². The van der Waals surface area contributed by atoms with Crippen LogP contribution in [0.3, 0.4) is 0 Å². The van der Waals surface area contributed by atoms with Crippen LogP contribution in [0, 0.1) is 0 Å². The average Bonchev–Trinajstić information content (AvgIpc) is 3.06.